The van der Waals surface area contributed by atoms with Gasteiger partial charge in [0.2, 0.25) is 6.79 Å². The maximum Gasteiger partial charge on any atom is 0.490 e. The minimum absolute atomic E-state index is 0.348. The van der Waals surface area contributed by atoms with E-state index >= 15 is 0 Å². The lowest BCUT2D eigenvalue weighted by atomic mass is 9.77. The van der Waals surface area contributed by atoms with Crippen LogP contribution < -0.4 is 9.47 Å². The molecule has 226 valence electrons. The van der Waals surface area contributed by atoms with Gasteiger partial charge in [-0.05, 0) is 49.4 Å². The van der Waals surface area contributed by atoms with Crippen LogP contribution >= 0.6 is 0 Å². The van der Waals surface area contributed by atoms with Gasteiger partial charge in [0.05, 0.1) is 6.61 Å². The third-order valence-electron chi connectivity index (χ3n) is 7.26. The highest BCUT2D eigenvalue weighted by Gasteiger charge is 2.50. The predicted molar refractivity (Wildman–Crippen MR) is 127 cm³/mol. The molecular weight excluding hydrogens is 554 g/mol. The quantitative estimate of drug-likeness (QED) is 0.481. The molecule has 3 aliphatic heterocycles. The summed E-state index contributed by atoms with van der Waals surface area (Å²) in [6.45, 7) is 8.42. The first-order valence-corrected chi connectivity index (χ1v) is 12.6. The Balaban J connectivity index is 0.000000263. The summed E-state index contributed by atoms with van der Waals surface area (Å²) in [5.41, 5.74) is 1.74. The van der Waals surface area contributed by atoms with Gasteiger partial charge >= 0.3 is 24.3 Å². The highest BCUT2D eigenvalue weighted by atomic mass is 19.4. The van der Waals surface area contributed by atoms with Gasteiger partial charge in [0.15, 0.2) is 11.5 Å². The molecular formula is C25H32F6N2O7. The largest absolute Gasteiger partial charge is 0.490 e. The van der Waals surface area contributed by atoms with E-state index in [-0.39, 0.29) is 0 Å². The summed E-state index contributed by atoms with van der Waals surface area (Å²) in [7, 11) is 1.86. The molecule has 1 aromatic rings. The maximum absolute atomic E-state index is 10.6. The van der Waals surface area contributed by atoms with E-state index in [1.165, 1.54) is 57.5 Å². The van der Waals surface area contributed by atoms with Crippen LogP contribution in [0.2, 0.25) is 0 Å². The van der Waals surface area contributed by atoms with Gasteiger partial charge in [-0.2, -0.15) is 26.3 Å². The van der Waals surface area contributed by atoms with Crippen LogP contribution in [0, 0.1) is 17.3 Å². The number of rotatable bonds is 6. The summed E-state index contributed by atoms with van der Waals surface area (Å²) in [5.74, 6) is -2.10. The third-order valence-corrected chi connectivity index (χ3v) is 7.26. The fourth-order valence-electron chi connectivity index (χ4n) is 5.26. The monoisotopic (exact) mass is 586 g/mol. The molecule has 9 nitrogen and oxygen atoms in total. The SMILES string of the molecule is COC[C@@H]1CN(CC2CC2)C[C@@]12CCN(Cc1ccc3c(c1)OCO3)C2.O=C(O)C(F)(F)F.O=C(O)C(F)(F)F. The van der Waals surface area contributed by atoms with Gasteiger partial charge in [-0.25, -0.2) is 9.59 Å². The molecule has 1 spiro atoms. The molecule has 0 unspecified atom stereocenters. The van der Waals surface area contributed by atoms with E-state index in [1.807, 2.05) is 13.2 Å². The van der Waals surface area contributed by atoms with E-state index in [0.717, 1.165) is 30.6 Å². The maximum atomic E-state index is 10.6. The number of alkyl halides is 6. The van der Waals surface area contributed by atoms with E-state index < -0.39 is 24.3 Å². The van der Waals surface area contributed by atoms with Gasteiger partial charge in [-0.1, -0.05) is 6.07 Å². The molecule has 40 heavy (non-hydrogen) atoms. The number of hydrogen-bond donors (Lipinski definition) is 2. The molecule has 1 aliphatic carbocycles. The van der Waals surface area contributed by atoms with Gasteiger partial charge in [0.25, 0.3) is 0 Å². The number of benzene rings is 1. The van der Waals surface area contributed by atoms with E-state index in [4.69, 9.17) is 34.0 Å². The smallest absolute Gasteiger partial charge is 0.475 e. The zero-order valence-corrected chi connectivity index (χ0v) is 21.8. The van der Waals surface area contributed by atoms with Crippen molar-refractivity contribution in [1.29, 1.82) is 0 Å². The first-order valence-electron chi connectivity index (χ1n) is 12.6. The number of fused-ring (bicyclic) bond motifs is 1. The molecule has 4 aliphatic rings. The zero-order valence-electron chi connectivity index (χ0n) is 21.8. The second kappa shape index (κ2) is 12.8. The van der Waals surface area contributed by atoms with Crippen LogP contribution in [-0.4, -0.2) is 97.5 Å². The number of methoxy groups -OCH3 is 1. The molecule has 0 radical (unpaired) electrons. The second-order valence-electron chi connectivity index (χ2n) is 10.4. The summed E-state index contributed by atoms with van der Waals surface area (Å²) >= 11 is 0. The number of likely N-dealkylation sites (tertiary alicyclic amines) is 2. The summed E-state index contributed by atoms with van der Waals surface area (Å²) in [6.07, 6.45) is -5.99. The van der Waals surface area contributed by atoms with Crippen molar-refractivity contribution >= 4 is 11.9 Å². The number of ether oxygens (including phenoxy) is 3. The number of carbonyl (C=O) groups is 2. The predicted octanol–water partition coefficient (Wildman–Crippen LogP) is 3.86. The molecule has 1 aromatic carbocycles. The Morgan fingerprint density at radius 2 is 1.57 bits per heavy atom. The molecule has 2 atom stereocenters. The van der Waals surface area contributed by atoms with Crippen molar-refractivity contribution in [2.24, 2.45) is 17.3 Å². The number of nitrogens with zero attached hydrogens (tertiary/aromatic N) is 2. The Morgan fingerprint density at radius 1 is 1.00 bits per heavy atom. The summed E-state index contributed by atoms with van der Waals surface area (Å²) in [5, 5.41) is 14.2. The zero-order chi connectivity index (χ0) is 29.7. The molecule has 2 N–H and O–H groups in total. The second-order valence-corrected chi connectivity index (χ2v) is 10.4. The fourth-order valence-corrected chi connectivity index (χ4v) is 5.26. The number of carboxylic acid groups (broad SMARTS) is 2. The molecule has 0 aromatic heterocycles. The Labute approximate surface area is 226 Å². The molecule has 15 heteroatoms. The molecule has 0 amide bonds. The van der Waals surface area contributed by atoms with Crippen molar-refractivity contribution < 1.29 is 60.4 Å². The van der Waals surface area contributed by atoms with Crippen LogP contribution in [-0.2, 0) is 20.9 Å². The van der Waals surface area contributed by atoms with Crippen LogP contribution in [0.15, 0.2) is 18.2 Å². The van der Waals surface area contributed by atoms with E-state index in [1.54, 1.807) is 0 Å². The molecule has 2 saturated heterocycles. The molecule has 5 rings (SSSR count). The minimum Gasteiger partial charge on any atom is -0.475 e. The molecule has 1 saturated carbocycles. The first kappa shape index (κ1) is 31.7. The van der Waals surface area contributed by atoms with Crippen molar-refractivity contribution in [2.45, 2.75) is 38.2 Å². The lowest BCUT2D eigenvalue weighted by Crippen LogP contribution is -2.36. The van der Waals surface area contributed by atoms with Crippen LogP contribution in [0.4, 0.5) is 26.3 Å². The average molecular weight is 587 g/mol. The van der Waals surface area contributed by atoms with Crippen LogP contribution in [0.5, 0.6) is 11.5 Å². The molecule has 3 fully saturated rings. The van der Waals surface area contributed by atoms with Crippen molar-refractivity contribution in [2.75, 3.05) is 53.2 Å². The lowest BCUT2D eigenvalue weighted by Gasteiger charge is -2.30. The van der Waals surface area contributed by atoms with Crippen molar-refractivity contribution in [3.63, 3.8) is 0 Å². The van der Waals surface area contributed by atoms with Crippen LogP contribution in [0.1, 0.15) is 24.8 Å². The summed E-state index contributed by atoms with van der Waals surface area (Å²) < 4.78 is 80.1. The number of halogens is 6. The number of hydrogen-bond acceptors (Lipinski definition) is 7. The van der Waals surface area contributed by atoms with Gasteiger partial charge in [-0.3, -0.25) is 4.90 Å². The van der Waals surface area contributed by atoms with Crippen molar-refractivity contribution in [3.8, 4) is 11.5 Å². The van der Waals surface area contributed by atoms with E-state index in [9.17, 15) is 26.3 Å². The number of aliphatic carboxylic acids is 2. The summed E-state index contributed by atoms with van der Waals surface area (Å²) in [4.78, 5) is 23.1. The van der Waals surface area contributed by atoms with Gasteiger partial charge in [0.1, 0.15) is 0 Å². The van der Waals surface area contributed by atoms with Crippen molar-refractivity contribution in [3.05, 3.63) is 23.8 Å². The van der Waals surface area contributed by atoms with Crippen LogP contribution in [0.25, 0.3) is 0 Å². The molecule has 3 heterocycles. The van der Waals surface area contributed by atoms with Crippen LogP contribution in [0.3, 0.4) is 0 Å². The van der Waals surface area contributed by atoms with E-state index in [2.05, 4.69) is 21.9 Å². The topological polar surface area (TPSA) is 109 Å². The average Bonchev–Trinajstić information content (AvgIpc) is 3.24. The standard InChI is InChI=1S/C21H30N2O3.2C2HF3O2/c1-24-12-18-11-23(9-16-2-3-16)14-21(18)6-7-22(13-21)10-17-4-5-19-20(8-17)26-15-25-19;2*3-2(4,5)1(6)7/h4-5,8,16,18H,2-3,6-7,9-15H2,1H3;2*(H,6,7)/t18-,21-;;/m0../s1. The number of carboxylic acids is 2. The van der Waals surface area contributed by atoms with Crippen molar-refractivity contribution in [1.82, 2.24) is 9.80 Å². The Bertz CT molecular complexity index is 1010. The lowest BCUT2D eigenvalue weighted by molar-refractivity contribution is -0.193. The molecule has 0 bridgehead atoms. The fraction of sp³-hybridized carbons (Fsp3) is 0.680. The minimum atomic E-state index is -5.08. The third kappa shape index (κ3) is 8.86. The highest BCUT2D eigenvalue weighted by Crippen LogP contribution is 2.46. The van der Waals surface area contributed by atoms with Gasteiger partial charge in [0, 0.05) is 51.2 Å². The van der Waals surface area contributed by atoms with Gasteiger partial charge in [-0.15, -0.1) is 0 Å². The highest BCUT2D eigenvalue weighted by molar-refractivity contribution is 5.73. The first-order chi connectivity index (χ1) is 18.6. The van der Waals surface area contributed by atoms with Gasteiger partial charge < -0.3 is 29.3 Å². The summed E-state index contributed by atoms with van der Waals surface area (Å²) in [6, 6.07) is 6.37. The van der Waals surface area contributed by atoms with E-state index in [0.29, 0.717) is 18.1 Å². The Hall–Kier alpha value is -2.78. The Morgan fingerprint density at radius 3 is 2.12 bits per heavy atom. The normalized spacial score (nSPS) is 24.3. The Kier molecular flexibility index (Phi) is 10.2.